The van der Waals surface area contributed by atoms with Gasteiger partial charge in [0, 0.05) is 11.4 Å². The second-order valence-electron chi connectivity index (χ2n) is 5.51. The Balaban J connectivity index is 2.15. The van der Waals surface area contributed by atoms with E-state index in [-0.39, 0.29) is 11.3 Å². The molecule has 1 aromatic rings. The quantitative estimate of drug-likeness (QED) is 0.819. The number of Topliss-reactive ketones (excluding diaryl/α,β-unsaturated/α-hetero) is 1. The molecule has 0 amide bonds. The van der Waals surface area contributed by atoms with Crippen LogP contribution in [0.25, 0.3) is 0 Å². The van der Waals surface area contributed by atoms with Gasteiger partial charge in [0.15, 0.2) is 5.78 Å². The average Bonchev–Trinajstić information content (AvgIpc) is 2.95. The fourth-order valence-electron chi connectivity index (χ4n) is 2.81. The van der Waals surface area contributed by atoms with Gasteiger partial charge in [-0.3, -0.25) is 9.69 Å². The van der Waals surface area contributed by atoms with Gasteiger partial charge in [-0.05, 0) is 50.9 Å². The smallest absolute Gasteiger partial charge is 0.157 e. The lowest BCUT2D eigenvalue weighted by molar-refractivity contribution is -0.129. The summed E-state index contributed by atoms with van der Waals surface area (Å²) in [6, 6.07) is 7.63. The van der Waals surface area contributed by atoms with Crippen molar-refractivity contribution >= 4 is 17.4 Å². The molecule has 1 atom stereocenters. The number of rotatable bonds is 5. The number of carbonyl (C=O) groups is 1. The van der Waals surface area contributed by atoms with Crippen LogP contribution in [0, 0.1) is 0 Å². The van der Waals surface area contributed by atoms with Gasteiger partial charge >= 0.3 is 0 Å². The van der Waals surface area contributed by atoms with Gasteiger partial charge in [-0.25, -0.2) is 0 Å². The Morgan fingerprint density at radius 3 is 2.53 bits per heavy atom. The summed E-state index contributed by atoms with van der Waals surface area (Å²) in [7, 11) is 0. The normalized spacial score (nSPS) is 19.3. The third kappa shape index (κ3) is 3.01. The first kappa shape index (κ1) is 14.5. The van der Waals surface area contributed by atoms with Crippen LogP contribution in [0.15, 0.2) is 24.3 Å². The highest BCUT2D eigenvalue weighted by Gasteiger charge is 2.38. The molecule has 2 nitrogen and oxygen atoms in total. The van der Waals surface area contributed by atoms with Crippen LogP contribution in [0.3, 0.4) is 0 Å². The highest BCUT2D eigenvalue weighted by molar-refractivity contribution is 6.31. The van der Waals surface area contributed by atoms with Crippen LogP contribution in [0.1, 0.15) is 38.7 Å². The van der Waals surface area contributed by atoms with Gasteiger partial charge in [-0.1, -0.05) is 36.7 Å². The van der Waals surface area contributed by atoms with Crippen LogP contribution in [0.2, 0.25) is 5.02 Å². The van der Waals surface area contributed by atoms with Crippen molar-refractivity contribution in [1.82, 2.24) is 4.90 Å². The zero-order valence-corrected chi connectivity index (χ0v) is 12.5. The predicted molar refractivity (Wildman–Crippen MR) is 79.7 cm³/mol. The van der Waals surface area contributed by atoms with Crippen molar-refractivity contribution < 1.29 is 4.79 Å². The molecule has 104 valence electrons. The number of carbonyl (C=O) groups excluding carboxylic acids is 1. The lowest BCUT2D eigenvalue weighted by atomic mass is 9.87. The van der Waals surface area contributed by atoms with Crippen LogP contribution in [0.4, 0.5) is 0 Å². The number of benzene rings is 1. The van der Waals surface area contributed by atoms with Gasteiger partial charge in [0.25, 0.3) is 0 Å². The minimum atomic E-state index is -0.338. The number of ketones is 1. The second kappa shape index (κ2) is 6.06. The summed E-state index contributed by atoms with van der Waals surface area (Å²) in [5.74, 6) is 0.282. The Labute approximate surface area is 120 Å². The number of likely N-dealkylation sites (tertiary alicyclic amines) is 1. The summed E-state index contributed by atoms with van der Waals surface area (Å²) in [5.41, 5.74) is 0.600. The zero-order chi connectivity index (χ0) is 13.9. The Morgan fingerprint density at radius 1 is 1.32 bits per heavy atom. The van der Waals surface area contributed by atoms with Crippen molar-refractivity contribution in [3.05, 3.63) is 34.9 Å². The number of halogens is 1. The van der Waals surface area contributed by atoms with Crippen molar-refractivity contribution in [2.45, 2.75) is 45.1 Å². The van der Waals surface area contributed by atoms with Crippen molar-refractivity contribution in [3.8, 4) is 0 Å². The third-order valence-corrected chi connectivity index (χ3v) is 4.77. The molecule has 0 bridgehead atoms. The lowest BCUT2D eigenvalue weighted by Crippen LogP contribution is -2.51. The Kier molecular flexibility index (Phi) is 4.64. The fourth-order valence-corrected chi connectivity index (χ4v) is 3.02. The molecule has 0 saturated carbocycles. The summed E-state index contributed by atoms with van der Waals surface area (Å²) in [4.78, 5) is 15.0. The number of nitrogens with zero attached hydrogens (tertiary/aromatic N) is 1. The highest BCUT2D eigenvalue weighted by Crippen LogP contribution is 2.28. The molecule has 1 aromatic carbocycles. The lowest BCUT2D eigenvalue weighted by Gasteiger charge is -2.36. The van der Waals surface area contributed by atoms with Gasteiger partial charge in [-0.15, -0.1) is 0 Å². The molecular weight excluding hydrogens is 258 g/mol. The molecule has 3 heteroatoms. The highest BCUT2D eigenvalue weighted by atomic mass is 35.5. The molecule has 0 aromatic heterocycles. The van der Waals surface area contributed by atoms with E-state index in [9.17, 15) is 4.79 Å². The summed E-state index contributed by atoms with van der Waals surface area (Å²) in [6.45, 7) is 6.26. The topological polar surface area (TPSA) is 20.3 Å². The second-order valence-corrected chi connectivity index (χ2v) is 5.92. The first-order valence-electron chi connectivity index (χ1n) is 7.09. The minimum absolute atomic E-state index is 0.282. The molecule has 0 N–H and O–H groups in total. The molecule has 19 heavy (non-hydrogen) atoms. The molecule has 1 fully saturated rings. The Hall–Kier alpha value is -0.860. The fraction of sp³-hybridized carbons (Fsp3) is 0.562. The largest absolute Gasteiger partial charge is 0.297 e. The molecule has 0 radical (unpaired) electrons. The predicted octanol–water partition coefficient (Wildman–Crippen LogP) is 3.72. The van der Waals surface area contributed by atoms with Crippen LogP contribution in [-0.2, 0) is 11.2 Å². The molecular formula is C16H22ClNO. The minimum Gasteiger partial charge on any atom is -0.297 e. The summed E-state index contributed by atoms with van der Waals surface area (Å²) < 4.78 is 0. The van der Waals surface area contributed by atoms with Crippen molar-refractivity contribution in [2.75, 3.05) is 13.1 Å². The SMILES string of the molecule is CCC(C)(C(=O)Cc1ccccc1Cl)N1CCCC1. The Morgan fingerprint density at radius 2 is 1.95 bits per heavy atom. The van der Waals surface area contributed by atoms with Crippen LogP contribution in [0.5, 0.6) is 0 Å². The first-order chi connectivity index (χ1) is 9.08. The van der Waals surface area contributed by atoms with Gasteiger partial charge in [0.2, 0.25) is 0 Å². The number of hydrogen-bond acceptors (Lipinski definition) is 2. The van der Waals surface area contributed by atoms with Crippen molar-refractivity contribution in [1.29, 1.82) is 0 Å². The number of hydrogen-bond donors (Lipinski definition) is 0. The Bertz CT molecular complexity index is 454. The molecule has 1 heterocycles. The van der Waals surface area contributed by atoms with Crippen molar-refractivity contribution in [3.63, 3.8) is 0 Å². The van der Waals surface area contributed by atoms with E-state index in [1.807, 2.05) is 24.3 Å². The van der Waals surface area contributed by atoms with Crippen molar-refractivity contribution in [2.24, 2.45) is 0 Å². The molecule has 1 aliphatic heterocycles. The van der Waals surface area contributed by atoms with Gasteiger partial charge < -0.3 is 0 Å². The van der Waals surface area contributed by atoms with Gasteiger partial charge in [0.1, 0.15) is 0 Å². The molecule has 1 saturated heterocycles. The van der Waals surface area contributed by atoms with Crippen LogP contribution >= 0.6 is 11.6 Å². The first-order valence-corrected chi connectivity index (χ1v) is 7.47. The maximum absolute atomic E-state index is 12.7. The van der Waals surface area contributed by atoms with Gasteiger partial charge in [-0.2, -0.15) is 0 Å². The summed E-state index contributed by atoms with van der Waals surface area (Å²) in [5, 5.41) is 0.690. The summed E-state index contributed by atoms with van der Waals surface area (Å²) >= 11 is 6.16. The van der Waals surface area contributed by atoms with E-state index in [0.29, 0.717) is 11.4 Å². The van der Waals surface area contributed by atoms with E-state index in [1.165, 1.54) is 12.8 Å². The van der Waals surface area contributed by atoms with Crippen LogP contribution in [-0.4, -0.2) is 29.3 Å². The molecule has 2 rings (SSSR count). The average molecular weight is 280 g/mol. The van der Waals surface area contributed by atoms with E-state index in [4.69, 9.17) is 11.6 Å². The van der Waals surface area contributed by atoms with Gasteiger partial charge in [0.05, 0.1) is 5.54 Å². The van der Waals surface area contributed by atoms with E-state index in [1.54, 1.807) is 0 Å². The maximum atomic E-state index is 12.7. The van der Waals surface area contributed by atoms with Crippen LogP contribution < -0.4 is 0 Å². The van der Waals surface area contributed by atoms with E-state index >= 15 is 0 Å². The zero-order valence-electron chi connectivity index (χ0n) is 11.8. The maximum Gasteiger partial charge on any atom is 0.157 e. The molecule has 0 aliphatic carbocycles. The molecule has 1 unspecified atom stereocenters. The molecule has 0 spiro atoms. The van der Waals surface area contributed by atoms with E-state index in [2.05, 4.69) is 18.7 Å². The molecule has 1 aliphatic rings. The van der Waals surface area contributed by atoms with E-state index < -0.39 is 0 Å². The van der Waals surface area contributed by atoms with E-state index in [0.717, 1.165) is 25.1 Å². The third-order valence-electron chi connectivity index (χ3n) is 4.40. The monoisotopic (exact) mass is 279 g/mol. The standard InChI is InChI=1S/C16H22ClNO/c1-3-16(2,18-10-6-7-11-18)15(19)12-13-8-4-5-9-14(13)17/h4-5,8-9H,3,6-7,10-12H2,1-2H3. The summed E-state index contributed by atoms with van der Waals surface area (Å²) in [6.07, 6.45) is 3.70.